The molecule has 0 unspecified atom stereocenters. The van der Waals surface area contributed by atoms with Gasteiger partial charge in [-0.2, -0.15) is 20.2 Å². The number of imidazole rings is 2. The molecule has 0 bridgehead atoms. The van der Waals surface area contributed by atoms with Gasteiger partial charge in [-0.25, -0.2) is 0 Å². The summed E-state index contributed by atoms with van der Waals surface area (Å²) in [6.07, 6.45) is 0.844. The first-order chi connectivity index (χ1) is 29.3. The summed E-state index contributed by atoms with van der Waals surface area (Å²) in [7, 11) is 3.72. The maximum absolute atomic E-state index is 14.0. The number of allylic oxidation sites excluding steroid dienone is 2. The molecule has 0 spiro atoms. The van der Waals surface area contributed by atoms with Crippen molar-refractivity contribution in [3.63, 3.8) is 0 Å². The lowest BCUT2D eigenvalue weighted by Gasteiger charge is -2.26. The van der Waals surface area contributed by atoms with Gasteiger partial charge in [-0.3, -0.25) is 28.6 Å². The molecule has 7 rings (SSSR count). The van der Waals surface area contributed by atoms with Crippen LogP contribution in [0.2, 0.25) is 0 Å². The van der Waals surface area contributed by atoms with Gasteiger partial charge in [0.05, 0.1) is 47.8 Å². The number of aromatic nitrogens is 8. The predicted octanol–water partition coefficient (Wildman–Crippen LogP) is 4.04. The van der Waals surface area contributed by atoms with Crippen LogP contribution in [0.4, 0.5) is 0 Å². The van der Waals surface area contributed by atoms with Crippen LogP contribution in [0.1, 0.15) is 76.8 Å². The Morgan fingerprint density at radius 2 is 1.34 bits per heavy atom. The molecule has 2 aromatic carbocycles. The number of morpholine rings is 1. The Morgan fingerprint density at radius 1 is 0.770 bits per heavy atom. The SMILES string of the molecule is CCn1nc(C)cc1C(=O)N=c1n(C)c2cc(C(N)=O)ccc2n1C/C(C)=C(\C)Cn1c(=NC(=O)c2cc(C)nn2CC)n(C)c2cccc(OCCCN3CCOCC3)c21. The first-order valence-electron chi connectivity index (χ1n) is 20.8. The molecule has 0 radical (unpaired) electrons. The van der Waals surface area contributed by atoms with Crippen molar-refractivity contribution in [1.82, 2.24) is 42.7 Å². The van der Waals surface area contributed by atoms with E-state index in [1.54, 1.807) is 38.2 Å². The quantitative estimate of drug-likeness (QED) is 0.126. The molecule has 0 saturated carbocycles. The molecule has 4 aromatic heterocycles. The number of amides is 3. The lowest BCUT2D eigenvalue weighted by Crippen LogP contribution is -2.37. The van der Waals surface area contributed by atoms with Crippen molar-refractivity contribution in [1.29, 1.82) is 0 Å². The van der Waals surface area contributed by atoms with Gasteiger partial charge in [-0.15, -0.1) is 0 Å². The monoisotopic (exact) mass is 832 g/mol. The van der Waals surface area contributed by atoms with E-state index in [0.29, 0.717) is 72.2 Å². The van der Waals surface area contributed by atoms with Crippen LogP contribution in [0, 0.1) is 13.8 Å². The highest BCUT2D eigenvalue weighted by Gasteiger charge is 2.21. The number of aryl methyl sites for hydroxylation is 6. The van der Waals surface area contributed by atoms with Crippen LogP contribution < -0.4 is 21.7 Å². The average Bonchev–Trinajstić information content (AvgIpc) is 3.98. The summed E-state index contributed by atoms with van der Waals surface area (Å²) in [6, 6.07) is 14.6. The van der Waals surface area contributed by atoms with Gasteiger partial charge in [-0.1, -0.05) is 17.2 Å². The van der Waals surface area contributed by atoms with Crippen molar-refractivity contribution < 1.29 is 23.9 Å². The normalized spacial score (nSPS) is 14.7. The fourth-order valence-electron chi connectivity index (χ4n) is 7.96. The number of rotatable bonds is 14. The molecule has 0 aliphatic carbocycles. The summed E-state index contributed by atoms with van der Waals surface area (Å²) in [5.41, 5.74) is 14.2. The minimum atomic E-state index is -0.556. The van der Waals surface area contributed by atoms with Crippen LogP contribution in [0.25, 0.3) is 22.1 Å². The third-order valence-electron chi connectivity index (χ3n) is 11.3. The smallest absolute Gasteiger partial charge is 0.298 e. The number of primary amides is 1. The van der Waals surface area contributed by atoms with Crippen LogP contribution >= 0.6 is 0 Å². The Bertz CT molecular complexity index is 2820. The van der Waals surface area contributed by atoms with Crippen molar-refractivity contribution in [2.75, 3.05) is 39.5 Å². The van der Waals surface area contributed by atoms with E-state index in [0.717, 1.165) is 78.4 Å². The van der Waals surface area contributed by atoms with Gasteiger partial charge in [0.1, 0.15) is 22.7 Å². The number of para-hydroxylation sites is 1. The highest BCUT2D eigenvalue weighted by Crippen LogP contribution is 2.27. The number of hydrogen-bond donors (Lipinski definition) is 1. The van der Waals surface area contributed by atoms with Crippen LogP contribution in [0.3, 0.4) is 0 Å². The highest BCUT2D eigenvalue weighted by atomic mass is 16.5. The van der Waals surface area contributed by atoms with Crippen molar-refractivity contribution in [3.8, 4) is 5.75 Å². The van der Waals surface area contributed by atoms with E-state index in [2.05, 4.69) is 27.0 Å². The molecule has 1 fully saturated rings. The van der Waals surface area contributed by atoms with E-state index in [1.165, 1.54) is 0 Å². The summed E-state index contributed by atoms with van der Waals surface area (Å²) in [5, 5.41) is 8.95. The Kier molecular flexibility index (Phi) is 12.7. The van der Waals surface area contributed by atoms with E-state index < -0.39 is 17.7 Å². The fourth-order valence-corrected chi connectivity index (χ4v) is 7.96. The largest absolute Gasteiger partial charge is 0.491 e. The summed E-state index contributed by atoms with van der Waals surface area (Å²) >= 11 is 0. The van der Waals surface area contributed by atoms with Gasteiger partial charge in [-0.05, 0) is 90.4 Å². The molecule has 17 nitrogen and oxygen atoms in total. The summed E-state index contributed by atoms with van der Waals surface area (Å²) in [6.45, 7) is 18.2. The van der Waals surface area contributed by atoms with E-state index in [-0.39, 0.29) is 0 Å². The molecule has 1 aliphatic heterocycles. The predicted molar refractivity (Wildman–Crippen MR) is 231 cm³/mol. The molecule has 0 atom stereocenters. The molecule has 17 heteroatoms. The summed E-state index contributed by atoms with van der Waals surface area (Å²) < 4.78 is 23.1. The second-order valence-corrected chi connectivity index (χ2v) is 15.6. The second kappa shape index (κ2) is 18.1. The van der Waals surface area contributed by atoms with Crippen LogP contribution in [0.5, 0.6) is 5.75 Å². The van der Waals surface area contributed by atoms with E-state index in [4.69, 9.17) is 20.2 Å². The fraction of sp³-hybridized carbons (Fsp3) is 0.432. The molecule has 6 aromatic rings. The molecule has 2 N–H and O–H groups in total. The van der Waals surface area contributed by atoms with Gasteiger partial charge >= 0.3 is 0 Å². The van der Waals surface area contributed by atoms with Gasteiger partial charge < -0.3 is 33.5 Å². The molecule has 1 aliphatic rings. The molecular formula is C44H56N12O5. The van der Waals surface area contributed by atoms with E-state index >= 15 is 0 Å². The van der Waals surface area contributed by atoms with Gasteiger partial charge in [0.2, 0.25) is 17.1 Å². The molecule has 3 amide bonds. The Labute approximate surface area is 354 Å². The third-order valence-corrected chi connectivity index (χ3v) is 11.3. The standard InChI is InChI=1S/C44H56N12O5/c1-9-55-36(23-30(5)48-55)41(58)46-43-51(8)35-25-32(40(45)57)15-16-33(35)53(43)26-28(3)29(4)27-54-39-34(13-11-14-38(39)61-20-12-17-52-18-21-60-22-19-52)50(7)44(54)47-42(59)37-24-31(6)49-56(37)10-2/h11,13-16,23-25H,9-10,12,17-22,26-27H2,1-8H3,(H2,45,57)/b29-28+,46-43?,47-44?. The average molecular weight is 833 g/mol. The van der Waals surface area contributed by atoms with E-state index in [9.17, 15) is 14.4 Å². The number of carbonyl (C=O) groups is 3. The van der Waals surface area contributed by atoms with Crippen molar-refractivity contribution >= 4 is 39.8 Å². The Morgan fingerprint density at radius 3 is 1.93 bits per heavy atom. The number of ether oxygens (including phenoxy) is 2. The highest BCUT2D eigenvalue weighted by molar-refractivity contribution is 5.97. The van der Waals surface area contributed by atoms with E-state index in [1.807, 2.05) is 86.7 Å². The van der Waals surface area contributed by atoms with Gasteiger partial charge in [0, 0.05) is 65.5 Å². The molecular weight excluding hydrogens is 777 g/mol. The maximum atomic E-state index is 14.0. The van der Waals surface area contributed by atoms with Gasteiger partial charge in [0.25, 0.3) is 11.8 Å². The van der Waals surface area contributed by atoms with Crippen LogP contribution in [0.15, 0.2) is 69.7 Å². The number of nitrogens with two attached hydrogens (primary N) is 1. The van der Waals surface area contributed by atoms with Crippen LogP contribution in [-0.2, 0) is 45.0 Å². The maximum Gasteiger partial charge on any atom is 0.298 e. The lowest BCUT2D eigenvalue weighted by atomic mass is 10.1. The molecule has 1 saturated heterocycles. The topological polar surface area (TPSA) is 179 Å². The van der Waals surface area contributed by atoms with Crippen molar-refractivity contribution in [2.24, 2.45) is 29.8 Å². The first-order valence-corrected chi connectivity index (χ1v) is 20.8. The molecule has 5 heterocycles. The lowest BCUT2D eigenvalue weighted by molar-refractivity contribution is 0.0358. The second-order valence-electron chi connectivity index (χ2n) is 15.6. The number of fused-ring (bicyclic) bond motifs is 2. The van der Waals surface area contributed by atoms with Crippen molar-refractivity contribution in [3.05, 3.63) is 99.3 Å². The number of carbonyl (C=O) groups excluding carboxylic acids is 3. The third kappa shape index (κ3) is 8.79. The van der Waals surface area contributed by atoms with Crippen molar-refractivity contribution in [2.45, 2.75) is 74.1 Å². The zero-order valence-corrected chi connectivity index (χ0v) is 36.4. The zero-order valence-electron chi connectivity index (χ0n) is 36.4. The van der Waals surface area contributed by atoms with Gasteiger partial charge in [0.15, 0.2) is 0 Å². The summed E-state index contributed by atoms with van der Waals surface area (Å²) in [5.74, 6) is -0.695. The molecule has 61 heavy (non-hydrogen) atoms. The minimum absolute atomic E-state index is 0.343. The molecule has 322 valence electrons. The summed E-state index contributed by atoms with van der Waals surface area (Å²) in [4.78, 5) is 51.9. The zero-order chi connectivity index (χ0) is 43.5. The number of benzene rings is 2. The first kappa shape index (κ1) is 42.8. The van der Waals surface area contributed by atoms with Crippen LogP contribution in [-0.4, -0.2) is 99.9 Å². The number of nitrogens with zero attached hydrogens (tertiary/aromatic N) is 11. The Hall–Kier alpha value is -6.33. The minimum Gasteiger partial charge on any atom is -0.491 e. The Balaban J connectivity index is 1.32. The number of hydrogen-bond acceptors (Lipinski definition) is 8.